The van der Waals surface area contributed by atoms with Crippen LogP contribution >= 0.6 is 11.6 Å². The molecule has 0 fully saturated rings. The third kappa shape index (κ3) is 5.78. The fourth-order valence-electron chi connectivity index (χ4n) is 2.18. The van der Waals surface area contributed by atoms with E-state index in [1.807, 2.05) is 49.4 Å². The number of amides is 1. The van der Waals surface area contributed by atoms with Crippen LogP contribution in [0.4, 0.5) is 5.69 Å². The molecule has 0 bridgehead atoms. The average Bonchev–Trinajstić information content (AvgIpc) is 2.58. The second-order valence-electron chi connectivity index (χ2n) is 5.63. The molecule has 0 heterocycles. The van der Waals surface area contributed by atoms with Crippen molar-refractivity contribution in [3.8, 4) is 5.75 Å². The van der Waals surface area contributed by atoms with Crippen molar-refractivity contribution < 1.29 is 9.53 Å². The van der Waals surface area contributed by atoms with Gasteiger partial charge in [0.25, 0.3) is 5.91 Å². The zero-order chi connectivity index (χ0) is 17.4. The fraction of sp³-hybridized carbons (Fsp3) is 0.316. The summed E-state index contributed by atoms with van der Waals surface area (Å²) in [6.45, 7) is 5.06. The summed E-state index contributed by atoms with van der Waals surface area (Å²) in [6, 6.07) is 15.5. The molecule has 0 aromatic heterocycles. The molecular formula is C19H23ClN2O2. The van der Waals surface area contributed by atoms with Gasteiger partial charge in [0, 0.05) is 18.8 Å². The van der Waals surface area contributed by atoms with Crippen LogP contribution in [0.25, 0.3) is 0 Å². The number of para-hydroxylation sites is 1. The average molecular weight is 347 g/mol. The summed E-state index contributed by atoms with van der Waals surface area (Å²) in [5.74, 6) is 0.386. The summed E-state index contributed by atoms with van der Waals surface area (Å²) in [6.07, 6.45) is 0.241. The molecule has 0 aliphatic carbocycles. The molecule has 2 aromatic carbocycles. The van der Waals surface area contributed by atoms with Crippen molar-refractivity contribution in [1.29, 1.82) is 0 Å². The van der Waals surface area contributed by atoms with E-state index in [0.29, 0.717) is 17.3 Å². The Hall–Kier alpha value is -2.20. The van der Waals surface area contributed by atoms with Crippen LogP contribution in [0.15, 0.2) is 48.5 Å². The molecule has 1 unspecified atom stereocenters. The molecule has 128 valence electrons. The highest BCUT2D eigenvalue weighted by Crippen LogP contribution is 2.26. The van der Waals surface area contributed by atoms with Crippen LogP contribution in [-0.2, 0) is 4.79 Å². The van der Waals surface area contributed by atoms with Gasteiger partial charge in [0.1, 0.15) is 5.75 Å². The lowest BCUT2D eigenvalue weighted by atomic mass is 10.2. The Morgan fingerprint density at radius 1 is 1.17 bits per heavy atom. The minimum absolute atomic E-state index is 0.146. The van der Waals surface area contributed by atoms with Crippen LogP contribution in [0, 0.1) is 6.92 Å². The van der Waals surface area contributed by atoms with Gasteiger partial charge in [-0.25, -0.2) is 0 Å². The molecule has 0 saturated heterocycles. The highest BCUT2D eigenvalue weighted by Gasteiger charge is 2.15. The van der Waals surface area contributed by atoms with Gasteiger partial charge in [-0.2, -0.15) is 0 Å². The van der Waals surface area contributed by atoms with E-state index >= 15 is 0 Å². The number of benzene rings is 2. The van der Waals surface area contributed by atoms with E-state index in [2.05, 4.69) is 10.6 Å². The quantitative estimate of drug-likeness (QED) is 0.709. The lowest BCUT2D eigenvalue weighted by molar-refractivity contribution is -0.127. The van der Waals surface area contributed by atoms with E-state index in [-0.39, 0.29) is 5.91 Å². The first-order chi connectivity index (χ1) is 11.6. The molecule has 2 N–H and O–H groups in total. The maximum Gasteiger partial charge on any atom is 0.260 e. The molecule has 0 aliphatic rings. The maximum absolute atomic E-state index is 12.1. The number of hydrogen-bond acceptors (Lipinski definition) is 3. The SMILES string of the molecule is Cc1ccc(Cl)c(OC(C)C(=O)NCCCNc2ccccc2)c1. The minimum atomic E-state index is -0.591. The summed E-state index contributed by atoms with van der Waals surface area (Å²) in [5, 5.41) is 6.68. The van der Waals surface area contributed by atoms with Gasteiger partial charge in [-0.05, 0) is 50.1 Å². The lowest BCUT2D eigenvalue weighted by Crippen LogP contribution is -2.37. The van der Waals surface area contributed by atoms with Crippen LogP contribution in [-0.4, -0.2) is 25.1 Å². The number of carbonyl (C=O) groups is 1. The minimum Gasteiger partial charge on any atom is -0.479 e. The summed E-state index contributed by atoms with van der Waals surface area (Å²) < 4.78 is 5.65. The molecule has 0 spiro atoms. The van der Waals surface area contributed by atoms with E-state index in [1.165, 1.54) is 0 Å². The molecule has 4 nitrogen and oxygen atoms in total. The van der Waals surface area contributed by atoms with Crippen molar-refractivity contribution in [3.63, 3.8) is 0 Å². The second kappa shape index (κ2) is 9.18. The zero-order valence-corrected chi connectivity index (χ0v) is 14.8. The van der Waals surface area contributed by atoms with E-state index in [0.717, 1.165) is 24.2 Å². The lowest BCUT2D eigenvalue weighted by Gasteiger charge is -2.16. The molecule has 1 amide bonds. The van der Waals surface area contributed by atoms with Gasteiger partial charge in [0.2, 0.25) is 0 Å². The Bertz CT molecular complexity index is 662. The number of nitrogens with one attached hydrogen (secondary N) is 2. The standard InChI is InChI=1S/C19H23ClN2O2/c1-14-9-10-17(20)18(13-14)24-15(2)19(23)22-12-6-11-21-16-7-4-3-5-8-16/h3-5,7-10,13,15,21H,6,11-12H2,1-2H3,(H,22,23). The molecule has 0 radical (unpaired) electrons. The first kappa shape index (κ1) is 18.1. The predicted octanol–water partition coefficient (Wildman–Crippen LogP) is 4.03. The number of anilines is 1. The molecular weight excluding hydrogens is 324 g/mol. The van der Waals surface area contributed by atoms with Gasteiger partial charge >= 0.3 is 0 Å². The highest BCUT2D eigenvalue weighted by molar-refractivity contribution is 6.32. The normalized spacial score (nSPS) is 11.6. The van der Waals surface area contributed by atoms with E-state index < -0.39 is 6.10 Å². The largest absolute Gasteiger partial charge is 0.479 e. The fourth-order valence-corrected chi connectivity index (χ4v) is 2.34. The van der Waals surface area contributed by atoms with Crippen molar-refractivity contribution in [3.05, 3.63) is 59.1 Å². The third-order valence-corrected chi connectivity index (χ3v) is 3.83. The van der Waals surface area contributed by atoms with E-state index in [1.54, 1.807) is 13.0 Å². The Labute approximate surface area is 148 Å². The predicted molar refractivity (Wildman–Crippen MR) is 98.8 cm³/mol. The van der Waals surface area contributed by atoms with Crippen LogP contribution < -0.4 is 15.4 Å². The van der Waals surface area contributed by atoms with Gasteiger partial charge < -0.3 is 15.4 Å². The Balaban J connectivity index is 1.69. The molecule has 5 heteroatoms. The first-order valence-electron chi connectivity index (χ1n) is 8.05. The van der Waals surface area contributed by atoms with Gasteiger partial charge in [-0.1, -0.05) is 35.9 Å². The van der Waals surface area contributed by atoms with Gasteiger partial charge in [-0.15, -0.1) is 0 Å². The van der Waals surface area contributed by atoms with Crippen LogP contribution in [0.2, 0.25) is 5.02 Å². The summed E-state index contributed by atoms with van der Waals surface area (Å²) in [7, 11) is 0. The molecule has 2 aromatic rings. The smallest absolute Gasteiger partial charge is 0.260 e. The van der Waals surface area contributed by atoms with Gasteiger partial charge in [0.15, 0.2) is 6.10 Å². The Morgan fingerprint density at radius 3 is 2.67 bits per heavy atom. The van der Waals surface area contributed by atoms with Crippen molar-refractivity contribution in [2.75, 3.05) is 18.4 Å². The number of carbonyl (C=O) groups excluding carboxylic acids is 1. The zero-order valence-electron chi connectivity index (χ0n) is 14.0. The van der Waals surface area contributed by atoms with E-state index in [4.69, 9.17) is 16.3 Å². The van der Waals surface area contributed by atoms with E-state index in [9.17, 15) is 4.79 Å². The number of aryl methyl sites for hydroxylation is 1. The number of hydrogen-bond donors (Lipinski definition) is 2. The van der Waals surface area contributed by atoms with Crippen molar-refractivity contribution >= 4 is 23.2 Å². The Kier molecular flexibility index (Phi) is 6.94. The monoisotopic (exact) mass is 346 g/mol. The number of halogens is 1. The molecule has 0 aliphatic heterocycles. The van der Waals surface area contributed by atoms with Crippen molar-refractivity contribution in [2.24, 2.45) is 0 Å². The summed E-state index contributed by atoms with van der Waals surface area (Å²) in [5.41, 5.74) is 2.11. The Morgan fingerprint density at radius 2 is 1.92 bits per heavy atom. The molecule has 0 saturated carbocycles. The molecule has 2 rings (SSSR count). The highest BCUT2D eigenvalue weighted by atomic mass is 35.5. The van der Waals surface area contributed by atoms with Crippen molar-refractivity contribution in [1.82, 2.24) is 5.32 Å². The first-order valence-corrected chi connectivity index (χ1v) is 8.43. The van der Waals surface area contributed by atoms with Crippen LogP contribution in [0.1, 0.15) is 18.9 Å². The van der Waals surface area contributed by atoms with Gasteiger partial charge in [-0.3, -0.25) is 4.79 Å². The third-order valence-electron chi connectivity index (χ3n) is 3.52. The number of rotatable bonds is 8. The van der Waals surface area contributed by atoms with Gasteiger partial charge in [0.05, 0.1) is 5.02 Å². The van der Waals surface area contributed by atoms with Crippen molar-refractivity contribution in [2.45, 2.75) is 26.4 Å². The molecule has 24 heavy (non-hydrogen) atoms. The molecule has 1 atom stereocenters. The topological polar surface area (TPSA) is 50.4 Å². The summed E-state index contributed by atoms with van der Waals surface area (Å²) in [4.78, 5) is 12.1. The summed E-state index contributed by atoms with van der Waals surface area (Å²) >= 11 is 6.08. The number of ether oxygens (including phenoxy) is 1. The maximum atomic E-state index is 12.1. The second-order valence-corrected chi connectivity index (χ2v) is 6.04. The van der Waals surface area contributed by atoms with Crippen LogP contribution in [0.3, 0.4) is 0 Å². The van der Waals surface area contributed by atoms with Crippen LogP contribution in [0.5, 0.6) is 5.75 Å².